The Morgan fingerprint density at radius 2 is 1.28 bits per heavy atom. The summed E-state index contributed by atoms with van der Waals surface area (Å²) in [6.45, 7) is 2.06. The Morgan fingerprint density at radius 3 is 1.86 bits per heavy atom. The second-order valence-corrected chi connectivity index (χ2v) is 9.13. The monoisotopic (exact) mass is 413 g/mol. The minimum atomic E-state index is -3.62. The van der Waals surface area contributed by atoms with Gasteiger partial charge in [0.05, 0.1) is 10.6 Å². The quantitative estimate of drug-likeness (QED) is 0.719. The van der Waals surface area contributed by atoms with Crippen molar-refractivity contribution in [2.45, 2.75) is 24.2 Å². The lowest BCUT2D eigenvalue weighted by atomic mass is 10.1. The molecule has 2 amide bonds. The van der Waals surface area contributed by atoms with Gasteiger partial charge < -0.3 is 4.90 Å². The zero-order chi connectivity index (χ0) is 20.4. The molecule has 7 nitrogen and oxygen atoms in total. The Hall–Kier alpha value is -2.71. The molecular weight excluding hydrogens is 390 g/mol. The molecule has 0 atom stereocenters. The SMILES string of the molecule is O=C1CCCC(=O)N1c1ccc(S(=O)(=O)N2CCN(c3ccccc3)CC2)cc1. The van der Waals surface area contributed by atoms with Gasteiger partial charge >= 0.3 is 0 Å². The second kappa shape index (κ2) is 7.96. The van der Waals surface area contributed by atoms with Crippen molar-refractivity contribution in [3.8, 4) is 0 Å². The van der Waals surface area contributed by atoms with Crippen molar-refractivity contribution < 1.29 is 18.0 Å². The van der Waals surface area contributed by atoms with Gasteiger partial charge in [-0.3, -0.25) is 14.5 Å². The first-order valence-corrected chi connectivity index (χ1v) is 11.2. The summed E-state index contributed by atoms with van der Waals surface area (Å²) in [5.41, 5.74) is 1.51. The van der Waals surface area contributed by atoms with Gasteiger partial charge in [0.1, 0.15) is 0 Å². The number of anilines is 2. The average molecular weight is 413 g/mol. The van der Waals surface area contributed by atoms with Gasteiger partial charge in [0.2, 0.25) is 21.8 Å². The van der Waals surface area contributed by atoms with Crippen molar-refractivity contribution in [1.82, 2.24) is 4.31 Å². The Balaban J connectivity index is 1.47. The maximum absolute atomic E-state index is 13.0. The molecule has 2 aliphatic heterocycles. The van der Waals surface area contributed by atoms with E-state index in [2.05, 4.69) is 4.90 Å². The van der Waals surface area contributed by atoms with Crippen LogP contribution in [0.4, 0.5) is 11.4 Å². The third kappa shape index (κ3) is 3.90. The number of amides is 2. The number of imide groups is 1. The van der Waals surface area contributed by atoms with Crippen molar-refractivity contribution in [2.75, 3.05) is 36.0 Å². The van der Waals surface area contributed by atoms with Crippen LogP contribution in [0.5, 0.6) is 0 Å². The number of piperidine rings is 1. The molecule has 2 aromatic carbocycles. The number of para-hydroxylation sites is 1. The lowest BCUT2D eigenvalue weighted by Gasteiger charge is -2.35. The summed E-state index contributed by atoms with van der Waals surface area (Å²) in [6.07, 6.45) is 1.23. The zero-order valence-electron chi connectivity index (χ0n) is 16.0. The largest absolute Gasteiger partial charge is 0.369 e. The van der Waals surface area contributed by atoms with E-state index in [0.717, 1.165) is 10.6 Å². The molecule has 0 aromatic heterocycles. The summed E-state index contributed by atoms with van der Waals surface area (Å²) >= 11 is 0. The molecule has 0 radical (unpaired) electrons. The Labute approximate surface area is 170 Å². The summed E-state index contributed by atoms with van der Waals surface area (Å²) in [5, 5.41) is 0. The fraction of sp³-hybridized carbons (Fsp3) is 0.333. The maximum Gasteiger partial charge on any atom is 0.243 e. The summed E-state index contributed by atoms with van der Waals surface area (Å²) < 4.78 is 27.5. The number of carbonyl (C=O) groups is 2. The van der Waals surface area contributed by atoms with Gasteiger partial charge in [0.15, 0.2) is 0 Å². The summed E-state index contributed by atoms with van der Waals surface area (Å²) in [6, 6.07) is 16.0. The first-order chi connectivity index (χ1) is 14.0. The molecule has 2 saturated heterocycles. The molecule has 0 spiro atoms. The minimum absolute atomic E-state index is 0.173. The molecular formula is C21H23N3O4S. The van der Waals surface area contributed by atoms with E-state index in [-0.39, 0.29) is 16.7 Å². The van der Waals surface area contributed by atoms with E-state index < -0.39 is 10.0 Å². The molecule has 29 heavy (non-hydrogen) atoms. The number of carbonyl (C=O) groups excluding carboxylic acids is 2. The molecule has 0 unspecified atom stereocenters. The third-order valence-electron chi connectivity index (χ3n) is 5.37. The van der Waals surface area contributed by atoms with Gasteiger partial charge in [-0.05, 0) is 42.8 Å². The van der Waals surface area contributed by atoms with E-state index >= 15 is 0 Å². The number of nitrogens with zero attached hydrogens (tertiary/aromatic N) is 3. The van der Waals surface area contributed by atoms with Gasteiger partial charge in [-0.25, -0.2) is 8.42 Å². The fourth-order valence-electron chi connectivity index (χ4n) is 3.78. The molecule has 152 valence electrons. The van der Waals surface area contributed by atoms with Crippen molar-refractivity contribution in [3.63, 3.8) is 0 Å². The highest BCUT2D eigenvalue weighted by molar-refractivity contribution is 7.89. The van der Waals surface area contributed by atoms with Gasteiger partial charge in [-0.1, -0.05) is 18.2 Å². The predicted octanol–water partition coefficient (Wildman–Crippen LogP) is 2.24. The van der Waals surface area contributed by atoms with Gasteiger partial charge in [0.25, 0.3) is 0 Å². The molecule has 0 aliphatic carbocycles. The summed E-state index contributed by atoms with van der Waals surface area (Å²) in [7, 11) is -3.62. The van der Waals surface area contributed by atoms with Gasteiger partial charge in [-0.2, -0.15) is 4.31 Å². The Bertz CT molecular complexity index is 982. The smallest absolute Gasteiger partial charge is 0.243 e. The normalized spacial score (nSPS) is 18.9. The maximum atomic E-state index is 13.0. The van der Waals surface area contributed by atoms with Crippen LogP contribution in [0.25, 0.3) is 0 Å². The van der Waals surface area contributed by atoms with E-state index in [4.69, 9.17) is 0 Å². The van der Waals surface area contributed by atoms with Gasteiger partial charge in [0, 0.05) is 44.7 Å². The topological polar surface area (TPSA) is 78.0 Å². The molecule has 2 heterocycles. The van der Waals surface area contributed by atoms with Crippen LogP contribution in [-0.4, -0.2) is 50.7 Å². The van der Waals surface area contributed by atoms with Crippen LogP contribution < -0.4 is 9.80 Å². The van der Waals surface area contributed by atoms with E-state index in [0.29, 0.717) is 51.1 Å². The average Bonchev–Trinajstić information content (AvgIpc) is 2.75. The van der Waals surface area contributed by atoms with E-state index in [9.17, 15) is 18.0 Å². The van der Waals surface area contributed by atoms with Crippen molar-refractivity contribution in [3.05, 3.63) is 54.6 Å². The fourth-order valence-corrected chi connectivity index (χ4v) is 5.21. The highest BCUT2D eigenvalue weighted by Crippen LogP contribution is 2.26. The number of sulfonamides is 1. The van der Waals surface area contributed by atoms with Crippen LogP contribution in [0.1, 0.15) is 19.3 Å². The van der Waals surface area contributed by atoms with Crippen LogP contribution in [0.2, 0.25) is 0 Å². The van der Waals surface area contributed by atoms with Crippen LogP contribution in [0.15, 0.2) is 59.5 Å². The molecule has 2 aliphatic rings. The zero-order valence-corrected chi connectivity index (χ0v) is 16.8. The second-order valence-electron chi connectivity index (χ2n) is 7.20. The number of rotatable bonds is 4. The molecule has 8 heteroatoms. The first kappa shape index (κ1) is 19.6. The molecule has 4 rings (SSSR count). The number of hydrogen-bond donors (Lipinski definition) is 0. The van der Waals surface area contributed by atoms with Crippen LogP contribution >= 0.6 is 0 Å². The molecule has 0 bridgehead atoms. The predicted molar refractivity (Wildman–Crippen MR) is 110 cm³/mol. The summed E-state index contributed by atoms with van der Waals surface area (Å²) in [5.74, 6) is -0.484. The lowest BCUT2D eigenvalue weighted by molar-refractivity contribution is -0.129. The highest BCUT2D eigenvalue weighted by Gasteiger charge is 2.30. The van der Waals surface area contributed by atoms with E-state index in [1.165, 1.54) is 28.6 Å². The van der Waals surface area contributed by atoms with E-state index in [1.807, 2.05) is 30.3 Å². The van der Waals surface area contributed by atoms with Gasteiger partial charge in [-0.15, -0.1) is 0 Å². The first-order valence-electron chi connectivity index (χ1n) is 9.73. The molecule has 0 saturated carbocycles. The lowest BCUT2D eigenvalue weighted by Crippen LogP contribution is -2.48. The summed E-state index contributed by atoms with van der Waals surface area (Å²) in [4.78, 5) is 27.6. The van der Waals surface area contributed by atoms with E-state index in [1.54, 1.807) is 0 Å². The minimum Gasteiger partial charge on any atom is -0.369 e. The Kier molecular flexibility index (Phi) is 5.38. The highest BCUT2D eigenvalue weighted by atomic mass is 32.2. The van der Waals surface area contributed by atoms with Crippen molar-refractivity contribution in [2.24, 2.45) is 0 Å². The third-order valence-corrected chi connectivity index (χ3v) is 7.29. The number of hydrogen-bond acceptors (Lipinski definition) is 5. The van der Waals surface area contributed by atoms with Crippen LogP contribution in [0, 0.1) is 0 Å². The molecule has 2 fully saturated rings. The molecule has 2 aromatic rings. The van der Waals surface area contributed by atoms with Crippen LogP contribution in [-0.2, 0) is 19.6 Å². The van der Waals surface area contributed by atoms with Crippen molar-refractivity contribution >= 4 is 33.2 Å². The number of benzene rings is 2. The van der Waals surface area contributed by atoms with Crippen LogP contribution in [0.3, 0.4) is 0 Å². The standard InChI is InChI=1S/C21H23N3O4S/c25-20-7-4-8-21(26)24(20)18-9-11-19(12-10-18)29(27,28)23-15-13-22(14-16-23)17-5-2-1-3-6-17/h1-3,5-6,9-12H,4,7-8,13-16H2. The van der Waals surface area contributed by atoms with Crippen molar-refractivity contribution in [1.29, 1.82) is 0 Å². The Morgan fingerprint density at radius 1 is 0.690 bits per heavy atom. The number of piperazine rings is 1. The molecule has 0 N–H and O–H groups in total.